The van der Waals surface area contributed by atoms with E-state index in [1.165, 1.54) is 0 Å². The fourth-order valence-electron chi connectivity index (χ4n) is 3.33. The van der Waals surface area contributed by atoms with Crippen LogP contribution in [0.3, 0.4) is 0 Å². The summed E-state index contributed by atoms with van der Waals surface area (Å²) in [6.45, 7) is 8.79. The van der Waals surface area contributed by atoms with Crippen molar-refractivity contribution in [3.05, 3.63) is 17.5 Å². The van der Waals surface area contributed by atoms with Gasteiger partial charge in [-0.1, -0.05) is 20.8 Å². The molecule has 0 bridgehead atoms. The molecule has 102 valence electrons. The molecule has 1 saturated carbocycles. The van der Waals surface area contributed by atoms with E-state index in [1.54, 1.807) is 0 Å². The maximum Gasteiger partial charge on any atom is 0.0728 e. The minimum absolute atomic E-state index is 0.344. The van der Waals surface area contributed by atoms with Gasteiger partial charge in [0.25, 0.3) is 0 Å². The number of aryl methyl sites for hydroxylation is 2. The molecular formula is C15H26N2O. The standard InChI is InChI=1S/C15H26N2O/c1-11-9-14(3,4)6-7-15(11,18)10-13-8-12(2)16-17(13)5/h8,11,18H,6-7,9-10H2,1-5H3. The van der Waals surface area contributed by atoms with Gasteiger partial charge in [-0.25, -0.2) is 0 Å². The Hall–Kier alpha value is -0.830. The third-order valence-corrected chi connectivity index (χ3v) is 4.60. The number of aliphatic hydroxyl groups is 1. The molecule has 0 spiro atoms. The largest absolute Gasteiger partial charge is 0.389 e. The molecule has 1 N–H and O–H groups in total. The molecule has 3 nitrogen and oxygen atoms in total. The smallest absolute Gasteiger partial charge is 0.0728 e. The van der Waals surface area contributed by atoms with E-state index in [0.29, 0.717) is 11.3 Å². The van der Waals surface area contributed by atoms with Crippen LogP contribution in [0.5, 0.6) is 0 Å². The molecule has 1 aliphatic carbocycles. The highest BCUT2D eigenvalue weighted by Gasteiger charge is 2.42. The van der Waals surface area contributed by atoms with Crippen LogP contribution in [0.1, 0.15) is 51.4 Å². The van der Waals surface area contributed by atoms with Crippen LogP contribution in [0.15, 0.2) is 6.07 Å². The van der Waals surface area contributed by atoms with Crippen molar-refractivity contribution < 1.29 is 5.11 Å². The third-order valence-electron chi connectivity index (χ3n) is 4.60. The van der Waals surface area contributed by atoms with Gasteiger partial charge in [-0.2, -0.15) is 5.10 Å². The Morgan fingerprint density at radius 3 is 2.61 bits per heavy atom. The minimum atomic E-state index is -0.560. The summed E-state index contributed by atoms with van der Waals surface area (Å²) in [7, 11) is 1.96. The number of rotatable bonds is 2. The Labute approximate surface area is 110 Å². The number of nitrogens with zero attached hydrogens (tertiary/aromatic N) is 2. The molecule has 1 aliphatic rings. The van der Waals surface area contributed by atoms with Crippen LogP contribution in [0.4, 0.5) is 0 Å². The average Bonchev–Trinajstić information content (AvgIpc) is 2.52. The molecule has 2 rings (SSSR count). The topological polar surface area (TPSA) is 38.0 Å². The lowest BCUT2D eigenvalue weighted by atomic mass is 9.64. The molecular weight excluding hydrogens is 224 g/mol. The average molecular weight is 250 g/mol. The normalized spacial score (nSPS) is 31.6. The molecule has 1 fully saturated rings. The summed E-state index contributed by atoms with van der Waals surface area (Å²) in [4.78, 5) is 0. The van der Waals surface area contributed by atoms with Crippen molar-refractivity contribution in [3.8, 4) is 0 Å². The van der Waals surface area contributed by atoms with Crippen LogP contribution in [-0.4, -0.2) is 20.5 Å². The Morgan fingerprint density at radius 1 is 1.44 bits per heavy atom. The van der Waals surface area contributed by atoms with Crippen molar-refractivity contribution in [3.63, 3.8) is 0 Å². The van der Waals surface area contributed by atoms with Crippen LogP contribution in [0.25, 0.3) is 0 Å². The maximum absolute atomic E-state index is 10.9. The van der Waals surface area contributed by atoms with Gasteiger partial charge < -0.3 is 5.11 Å². The van der Waals surface area contributed by atoms with E-state index in [-0.39, 0.29) is 0 Å². The summed E-state index contributed by atoms with van der Waals surface area (Å²) in [6, 6.07) is 2.09. The highest BCUT2D eigenvalue weighted by atomic mass is 16.3. The van der Waals surface area contributed by atoms with E-state index in [2.05, 4.69) is 31.9 Å². The third kappa shape index (κ3) is 2.61. The van der Waals surface area contributed by atoms with Crippen molar-refractivity contribution in [2.24, 2.45) is 18.4 Å². The lowest BCUT2D eigenvalue weighted by Crippen LogP contribution is -2.46. The highest BCUT2D eigenvalue weighted by Crippen LogP contribution is 2.45. The van der Waals surface area contributed by atoms with Gasteiger partial charge in [0, 0.05) is 19.2 Å². The van der Waals surface area contributed by atoms with Gasteiger partial charge in [-0.05, 0) is 43.6 Å². The van der Waals surface area contributed by atoms with Gasteiger partial charge in [0.1, 0.15) is 0 Å². The second-order valence-electron chi connectivity index (χ2n) is 6.95. The van der Waals surface area contributed by atoms with E-state index in [1.807, 2.05) is 18.7 Å². The van der Waals surface area contributed by atoms with E-state index >= 15 is 0 Å². The molecule has 18 heavy (non-hydrogen) atoms. The SMILES string of the molecule is Cc1cc(CC2(O)CCC(C)(C)CC2C)n(C)n1. The van der Waals surface area contributed by atoms with Gasteiger partial charge in [0.05, 0.1) is 11.3 Å². The summed E-state index contributed by atoms with van der Waals surface area (Å²) in [5.41, 5.74) is 1.98. The zero-order valence-electron chi connectivity index (χ0n) is 12.3. The predicted octanol–water partition coefficient (Wildman–Crippen LogP) is 2.85. The second-order valence-corrected chi connectivity index (χ2v) is 6.95. The molecule has 0 radical (unpaired) electrons. The van der Waals surface area contributed by atoms with Gasteiger partial charge >= 0.3 is 0 Å². The zero-order valence-corrected chi connectivity index (χ0v) is 12.3. The maximum atomic E-state index is 10.9. The van der Waals surface area contributed by atoms with Crippen molar-refractivity contribution >= 4 is 0 Å². The number of aromatic nitrogens is 2. The fraction of sp³-hybridized carbons (Fsp3) is 0.800. The Kier molecular flexibility index (Phi) is 3.30. The first-order chi connectivity index (χ1) is 8.22. The van der Waals surface area contributed by atoms with Crippen LogP contribution < -0.4 is 0 Å². The first kappa shape index (κ1) is 13.6. The Bertz CT molecular complexity index is 436. The summed E-state index contributed by atoms with van der Waals surface area (Å²) >= 11 is 0. The van der Waals surface area contributed by atoms with Gasteiger partial charge in [0.15, 0.2) is 0 Å². The Morgan fingerprint density at radius 2 is 2.11 bits per heavy atom. The highest BCUT2D eigenvalue weighted by molar-refractivity contribution is 5.13. The van der Waals surface area contributed by atoms with Crippen LogP contribution in [-0.2, 0) is 13.5 Å². The van der Waals surface area contributed by atoms with E-state index in [4.69, 9.17) is 0 Å². The first-order valence-corrected chi connectivity index (χ1v) is 6.94. The van der Waals surface area contributed by atoms with Crippen LogP contribution in [0.2, 0.25) is 0 Å². The Balaban J connectivity index is 2.15. The molecule has 0 saturated heterocycles. The van der Waals surface area contributed by atoms with Gasteiger partial charge in [-0.15, -0.1) is 0 Å². The van der Waals surface area contributed by atoms with Crippen molar-refractivity contribution in [2.75, 3.05) is 0 Å². The summed E-state index contributed by atoms with van der Waals surface area (Å²) < 4.78 is 1.90. The predicted molar refractivity (Wildman–Crippen MR) is 73.4 cm³/mol. The minimum Gasteiger partial charge on any atom is -0.389 e. The van der Waals surface area contributed by atoms with E-state index in [0.717, 1.165) is 37.1 Å². The molecule has 0 amide bonds. The van der Waals surface area contributed by atoms with Crippen molar-refractivity contribution in [1.29, 1.82) is 0 Å². The van der Waals surface area contributed by atoms with Gasteiger partial charge in [-0.3, -0.25) is 4.68 Å². The van der Waals surface area contributed by atoms with Crippen molar-refractivity contribution in [1.82, 2.24) is 9.78 Å². The lowest BCUT2D eigenvalue weighted by Gasteiger charge is -2.45. The number of hydrogen-bond donors (Lipinski definition) is 1. The molecule has 2 unspecified atom stereocenters. The first-order valence-electron chi connectivity index (χ1n) is 6.94. The van der Waals surface area contributed by atoms with Crippen LogP contribution in [0, 0.1) is 18.3 Å². The zero-order chi connectivity index (χ0) is 13.6. The van der Waals surface area contributed by atoms with E-state index < -0.39 is 5.60 Å². The van der Waals surface area contributed by atoms with E-state index in [9.17, 15) is 5.11 Å². The summed E-state index contributed by atoms with van der Waals surface area (Å²) in [5, 5.41) is 15.3. The number of hydrogen-bond acceptors (Lipinski definition) is 2. The van der Waals surface area contributed by atoms with Crippen molar-refractivity contribution in [2.45, 2.75) is 59.0 Å². The molecule has 0 aromatic carbocycles. The molecule has 1 aromatic heterocycles. The second kappa shape index (κ2) is 4.37. The molecule has 0 aliphatic heterocycles. The summed E-state index contributed by atoms with van der Waals surface area (Å²) in [5.74, 6) is 0.344. The molecule has 2 atom stereocenters. The van der Waals surface area contributed by atoms with Gasteiger partial charge in [0.2, 0.25) is 0 Å². The monoisotopic (exact) mass is 250 g/mol. The lowest BCUT2D eigenvalue weighted by molar-refractivity contribution is -0.0714. The quantitative estimate of drug-likeness (QED) is 0.876. The molecule has 3 heteroatoms. The molecule has 1 aromatic rings. The van der Waals surface area contributed by atoms with Crippen LogP contribution >= 0.6 is 0 Å². The summed E-state index contributed by atoms with van der Waals surface area (Å²) in [6.07, 6.45) is 3.82. The molecule has 1 heterocycles. The fourth-order valence-corrected chi connectivity index (χ4v) is 3.33.